The first-order valence-corrected chi connectivity index (χ1v) is 7.78. The van der Waals surface area contributed by atoms with Crippen molar-refractivity contribution in [3.63, 3.8) is 0 Å². The topological polar surface area (TPSA) is 98.5 Å². The fourth-order valence-corrected chi connectivity index (χ4v) is 1.79. The minimum absolute atomic E-state index is 0.0242. The Kier molecular flexibility index (Phi) is 11.1. The van der Waals surface area contributed by atoms with E-state index in [9.17, 15) is 14.4 Å². The van der Waals surface area contributed by atoms with E-state index < -0.39 is 12.0 Å². The Hall–Kier alpha value is -1.08. The number of carbonyl (C=O) groups is 3. The van der Waals surface area contributed by atoms with Crippen LogP contribution in [0.2, 0.25) is 0 Å². The van der Waals surface area contributed by atoms with Crippen LogP contribution >= 0.6 is 11.8 Å². The van der Waals surface area contributed by atoms with Gasteiger partial charge in [0.05, 0.1) is 6.61 Å². The third kappa shape index (κ3) is 10.8. The molecule has 0 rings (SSSR count). The molecule has 0 bridgehead atoms. The van der Waals surface area contributed by atoms with Gasteiger partial charge in [-0.1, -0.05) is 25.1 Å². The Morgan fingerprint density at radius 2 is 2.05 bits per heavy atom. The third-order valence-electron chi connectivity index (χ3n) is 2.46. The molecule has 3 N–H and O–H groups in total. The molecule has 1 atom stereocenters. The van der Waals surface area contributed by atoms with Gasteiger partial charge < -0.3 is 15.8 Å². The highest BCUT2D eigenvalue weighted by Crippen LogP contribution is 2.00. The standard InChI is InChI=1S/C13H24N2O4S/c1-3-4-8-19-13(18)11(14)5-6-12(17)15-7-9-20-10(2)16/h11H,3-9,14H2,1-2H3,(H,15,17)/t11-/m0/s1. The largest absolute Gasteiger partial charge is 0.465 e. The number of rotatable bonds is 10. The van der Waals surface area contributed by atoms with E-state index in [1.165, 1.54) is 6.92 Å². The molecule has 0 aromatic carbocycles. The smallest absolute Gasteiger partial charge is 0.322 e. The number of unbranched alkanes of at least 4 members (excludes halogenated alkanes) is 1. The van der Waals surface area contributed by atoms with Crippen LogP contribution in [0.3, 0.4) is 0 Å². The van der Waals surface area contributed by atoms with E-state index in [1.807, 2.05) is 6.92 Å². The minimum Gasteiger partial charge on any atom is -0.465 e. The van der Waals surface area contributed by atoms with Crippen molar-refractivity contribution in [3.8, 4) is 0 Å². The highest BCUT2D eigenvalue weighted by molar-refractivity contribution is 8.13. The molecule has 0 spiro atoms. The number of hydrogen-bond donors (Lipinski definition) is 2. The summed E-state index contributed by atoms with van der Waals surface area (Å²) in [5.74, 6) is -0.0871. The molecule has 0 aromatic heterocycles. The summed E-state index contributed by atoms with van der Waals surface area (Å²) in [5.41, 5.74) is 5.64. The van der Waals surface area contributed by atoms with Gasteiger partial charge in [0.2, 0.25) is 5.91 Å². The van der Waals surface area contributed by atoms with Crippen molar-refractivity contribution < 1.29 is 19.1 Å². The zero-order chi connectivity index (χ0) is 15.4. The molecule has 0 aliphatic rings. The van der Waals surface area contributed by atoms with E-state index in [0.717, 1.165) is 24.6 Å². The second-order valence-corrected chi connectivity index (χ2v) is 5.63. The zero-order valence-electron chi connectivity index (χ0n) is 12.1. The van der Waals surface area contributed by atoms with Crippen LogP contribution in [0, 0.1) is 0 Å². The summed E-state index contributed by atoms with van der Waals surface area (Å²) in [4.78, 5) is 33.6. The van der Waals surface area contributed by atoms with Gasteiger partial charge in [-0.25, -0.2) is 0 Å². The second-order valence-electron chi connectivity index (χ2n) is 4.36. The number of amides is 1. The van der Waals surface area contributed by atoms with Crippen molar-refractivity contribution in [1.29, 1.82) is 0 Å². The molecule has 20 heavy (non-hydrogen) atoms. The summed E-state index contributed by atoms with van der Waals surface area (Å²) in [5, 5.41) is 2.69. The molecule has 0 radical (unpaired) electrons. The van der Waals surface area contributed by atoms with Gasteiger partial charge in [-0.3, -0.25) is 14.4 Å². The summed E-state index contributed by atoms with van der Waals surface area (Å²) in [7, 11) is 0. The van der Waals surface area contributed by atoms with E-state index in [0.29, 0.717) is 18.9 Å². The Morgan fingerprint density at radius 3 is 2.65 bits per heavy atom. The number of ether oxygens (including phenoxy) is 1. The van der Waals surface area contributed by atoms with Crippen LogP contribution in [-0.4, -0.2) is 41.9 Å². The number of thioether (sulfide) groups is 1. The van der Waals surface area contributed by atoms with Gasteiger partial charge in [0.1, 0.15) is 6.04 Å². The Morgan fingerprint density at radius 1 is 1.35 bits per heavy atom. The van der Waals surface area contributed by atoms with Crippen LogP contribution in [-0.2, 0) is 19.1 Å². The fourth-order valence-electron chi connectivity index (χ4n) is 1.30. The van der Waals surface area contributed by atoms with Gasteiger partial charge in [-0.15, -0.1) is 0 Å². The molecule has 0 fully saturated rings. The molecular weight excluding hydrogens is 280 g/mol. The molecule has 0 aliphatic carbocycles. The van der Waals surface area contributed by atoms with Gasteiger partial charge in [-0.05, 0) is 12.8 Å². The predicted molar refractivity (Wildman–Crippen MR) is 79.2 cm³/mol. The lowest BCUT2D eigenvalue weighted by Crippen LogP contribution is -2.35. The van der Waals surface area contributed by atoms with Crippen molar-refractivity contribution >= 4 is 28.8 Å². The molecule has 1 amide bonds. The van der Waals surface area contributed by atoms with E-state index in [4.69, 9.17) is 10.5 Å². The van der Waals surface area contributed by atoms with Crippen LogP contribution in [0.1, 0.15) is 39.5 Å². The Balaban J connectivity index is 3.66. The first kappa shape index (κ1) is 18.9. The van der Waals surface area contributed by atoms with Crippen molar-refractivity contribution in [2.45, 2.75) is 45.6 Å². The fraction of sp³-hybridized carbons (Fsp3) is 0.769. The first-order chi connectivity index (χ1) is 9.47. The molecule has 0 aromatic rings. The second kappa shape index (κ2) is 11.7. The van der Waals surface area contributed by atoms with E-state index in [2.05, 4.69) is 5.32 Å². The maximum atomic E-state index is 11.5. The molecule has 0 aliphatic heterocycles. The molecule has 116 valence electrons. The molecular formula is C13H24N2O4S. The van der Waals surface area contributed by atoms with Crippen molar-refractivity contribution in [3.05, 3.63) is 0 Å². The highest BCUT2D eigenvalue weighted by Gasteiger charge is 2.16. The van der Waals surface area contributed by atoms with Gasteiger partial charge in [0, 0.05) is 25.6 Å². The van der Waals surface area contributed by atoms with E-state index in [1.54, 1.807) is 0 Å². The average Bonchev–Trinajstić information content (AvgIpc) is 2.40. The maximum Gasteiger partial charge on any atom is 0.322 e. The quantitative estimate of drug-likeness (QED) is 0.458. The van der Waals surface area contributed by atoms with Crippen LogP contribution in [0.25, 0.3) is 0 Å². The Labute approximate surface area is 124 Å². The van der Waals surface area contributed by atoms with Crippen molar-refractivity contribution in [2.24, 2.45) is 5.73 Å². The lowest BCUT2D eigenvalue weighted by atomic mass is 10.1. The lowest BCUT2D eigenvalue weighted by molar-refractivity contribution is -0.145. The normalized spacial score (nSPS) is 11.8. The van der Waals surface area contributed by atoms with Crippen molar-refractivity contribution in [2.75, 3.05) is 18.9 Å². The van der Waals surface area contributed by atoms with E-state index >= 15 is 0 Å². The van der Waals surface area contributed by atoms with Gasteiger partial charge in [0.25, 0.3) is 0 Å². The third-order valence-corrected chi connectivity index (χ3v) is 3.27. The zero-order valence-corrected chi connectivity index (χ0v) is 13.0. The summed E-state index contributed by atoms with van der Waals surface area (Å²) >= 11 is 1.16. The summed E-state index contributed by atoms with van der Waals surface area (Å²) < 4.78 is 4.96. The van der Waals surface area contributed by atoms with Gasteiger partial charge in [-0.2, -0.15) is 0 Å². The number of hydrogen-bond acceptors (Lipinski definition) is 6. The molecule has 0 heterocycles. The summed E-state index contributed by atoms with van der Waals surface area (Å²) in [6.45, 7) is 4.29. The summed E-state index contributed by atoms with van der Waals surface area (Å²) in [6.07, 6.45) is 2.20. The number of nitrogens with two attached hydrogens (primary N) is 1. The maximum absolute atomic E-state index is 11.5. The van der Waals surface area contributed by atoms with Crippen LogP contribution in [0.15, 0.2) is 0 Å². The van der Waals surface area contributed by atoms with Gasteiger partial charge >= 0.3 is 5.97 Å². The molecule has 7 heteroatoms. The van der Waals surface area contributed by atoms with Crippen LogP contribution < -0.4 is 11.1 Å². The molecule has 0 saturated heterocycles. The van der Waals surface area contributed by atoms with Crippen molar-refractivity contribution in [1.82, 2.24) is 5.32 Å². The average molecular weight is 304 g/mol. The van der Waals surface area contributed by atoms with Gasteiger partial charge in [0.15, 0.2) is 5.12 Å². The predicted octanol–water partition coefficient (Wildman–Crippen LogP) is 0.833. The highest BCUT2D eigenvalue weighted by atomic mass is 32.2. The minimum atomic E-state index is -0.760. The molecule has 0 saturated carbocycles. The number of esters is 1. The van der Waals surface area contributed by atoms with E-state index in [-0.39, 0.29) is 23.9 Å². The SMILES string of the molecule is CCCCOC(=O)[C@@H](N)CCC(=O)NCCSC(C)=O. The van der Waals surface area contributed by atoms with Crippen LogP contribution in [0.4, 0.5) is 0 Å². The van der Waals surface area contributed by atoms with Crippen LogP contribution in [0.5, 0.6) is 0 Å². The monoisotopic (exact) mass is 304 g/mol. The molecule has 6 nitrogen and oxygen atoms in total. The summed E-state index contributed by atoms with van der Waals surface area (Å²) in [6, 6.07) is -0.760. The lowest BCUT2D eigenvalue weighted by Gasteiger charge is -2.11. The molecule has 0 unspecified atom stereocenters. The number of nitrogens with one attached hydrogen (secondary N) is 1. The first-order valence-electron chi connectivity index (χ1n) is 6.79. The number of carbonyl (C=O) groups excluding carboxylic acids is 3. The Bertz CT molecular complexity index is 323.